The molecule has 0 aromatic carbocycles. The van der Waals surface area contributed by atoms with Crippen LogP contribution in [0.1, 0.15) is 45.0 Å². The lowest BCUT2D eigenvalue weighted by Crippen LogP contribution is -2.37. The van der Waals surface area contributed by atoms with Crippen LogP contribution in [0, 0.1) is 18.3 Å². The number of hydrogen-bond acceptors (Lipinski definition) is 8. The Bertz CT molecular complexity index is 1080. The van der Waals surface area contributed by atoms with E-state index in [9.17, 15) is 4.79 Å². The van der Waals surface area contributed by atoms with Gasteiger partial charge in [-0.2, -0.15) is 9.64 Å². The van der Waals surface area contributed by atoms with Crippen LogP contribution < -0.4 is 15.4 Å². The molecule has 4 heterocycles. The summed E-state index contributed by atoms with van der Waals surface area (Å²) in [6, 6.07) is 9.11. The molecule has 0 spiro atoms. The molecule has 3 aromatic heterocycles. The summed E-state index contributed by atoms with van der Waals surface area (Å²) >= 11 is 1.28. The molecular weight excluding hydrogens is 412 g/mol. The zero-order chi connectivity index (χ0) is 21.6. The third kappa shape index (κ3) is 5.23. The van der Waals surface area contributed by atoms with Crippen LogP contribution in [0.15, 0.2) is 36.7 Å². The third-order valence-corrected chi connectivity index (χ3v) is 5.92. The molecule has 8 nitrogen and oxygen atoms in total. The van der Waals surface area contributed by atoms with Crippen molar-refractivity contribution in [2.75, 3.05) is 18.4 Å². The van der Waals surface area contributed by atoms with E-state index < -0.39 is 0 Å². The van der Waals surface area contributed by atoms with Gasteiger partial charge in [0, 0.05) is 35.8 Å². The van der Waals surface area contributed by atoms with Gasteiger partial charge in [0.15, 0.2) is 0 Å². The maximum absolute atomic E-state index is 12.9. The maximum Gasteiger partial charge on any atom is 0.258 e. The Balaban J connectivity index is 1.42. The molecule has 1 fully saturated rings. The van der Waals surface area contributed by atoms with Crippen molar-refractivity contribution in [2.24, 2.45) is 0 Å². The lowest BCUT2D eigenvalue weighted by atomic mass is 10.1. The predicted octanol–water partition coefficient (Wildman–Crippen LogP) is 3.09. The van der Waals surface area contributed by atoms with Crippen LogP contribution in [0.25, 0.3) is 0 Å². The van der Waals surface area contributed by atoms with Gasteiger partial charge in [0.2, 0.25) is 5.88 Å². The fourth-order valence-electron chi connectivity index (χ4n) is 3.40. The molecule has 0 bridgehead atoms. The molecule has 1 aliphatic heterocycles. The monoisotopic (exact) mass is 434 g/mol. The van der Waals surface area contributed by atoms with Gasteiger partial charge in [-0.1, -0.05) is 0 Å². The van der Waals surface area contributed by atoms with Crippen molar-refractivity contribution in [3.05, 3.63) is 64.1 Å². The van der Waals surface area contributed by atoms with Gasteiger partial charge in [0.1, 0.15) is 12.2 Å². The summed E-state index contributed by atoms with van der Waals surface area (Å²) in [7, 11) is 0. The SMILES string of the molecule is Cc1nsc(Cc2ccc(C#N)cn2)c1C(=O)Nc1ccc(OC2CCCNC2)nc1. The first-order valence-corrected chi connectivity index (χ1v) is 10.8. The molecule has 0 radical (unpaired) electrons. The van der Waals surface area contributed by atoms with Crippen molar-refractivity contribution in [3.63, 3.8) is 0 Å². The summed E-state index contributed by atoms with van der Waals surface area (Å²) in [5.41, 5.74) is 3.08. The smallest absolute Gasteiger partial charge is 0.258 e. The van der Waals surface area contributed by atoms with Crippen molar-refractivity contribution in [1.82, 2.24) is 19.7 Å². The highest BCUT2D eigenvalue weighted by Gasteiger charge is 2.20. The number of anilines is 1. The van der Waals surface area contributed by atoms with Gasteiger partial charge in [-0.3, -0.25) is 9.78 Å². The quantitative estimate of drug-likeness (QED) is 0.613. The Labute approximate surface area is 184 Å². The highest BCUT2D eigenvalue weighted by Crippen LogP contribution is 2.23. The van der Waals surface area contributed by atoms with E-state index in [1.165, 1.54) is 17.7 Å². The molecule has 1 amide bonds. The first kappa shape index (κ1) is 20.9. The van der Waals surface area contributed by atoms with Gasteiger partial charge >= 0.3 is 0 Å². The summed E-state index contributed by atoms with van der Waals surface area (Å²) in [5, 5.41) is 15.1. The molecule has 1 aliphatic rings. The van der Waals surface area contributed by atoms with Crippen molar-refractivity contribution in [2.45, 2.75) is 32.3 Å². The van der Waals surface area contributed by atoms with E-state index in [1.54, 1.807) is 30.5 Å². The minimum absolute atomic E-state index is 0.125. The molecule has 1 unspecified atom stereocenters. The lowest BCUT2D eigenvalue weighted by molar-refractivity contribution is 0.102. The number of aryl methyl sites for hydroxylation is 1. The fraction of sp³-hybridized carbons (Fsp3) is 0.318. The van der Waals surface area contributed by atoms with Crippen LogP contribution in [-0.2, 0) is 6.42 Å². The highest BCUT2D eigenvalue weighted by molar-refractivity contribution is 7.06. The second-order valence-electron chi connectivity index (χ2n) is 7.32. The average Bonchev–Trinajstić information content (AvgIpc) is 3.16. The Morgan fingerprint density at radius 1 is 1.32 bits per heavy atom. The van der Waals surface area contributed by atoms with Crippen LogP contribution >= 0.6 is 11.5 Å². The third-order valence-electron chi connectivity index (χ3n) is 4.99. The fourth-order valence-corrected chi connectivity index (χ4v) is 4.28. The van der Waals surface area contributed by atoms with Crippen molar-refractivity contribution in [3.8, 4) is 11.9 Å². The van der Waals surface area contributed by atoms with Crippen LogP contribution in [0.2, 0.25) is 0 Å². The van der Waals surface area contributed by atoms with Gasteiger partial charge in [-0.05, 0) is 56.0 Å². The molecule has 0 aliphatic carbocycles. The summed E-state index contributed by atoms with van der Waals surface area (Å²) in [6.07, 6.45) is 5.82. The number of pyridine rings is 2. The van der Waals surface area contributed by atoms with E-state index in [-0.39, 0.29) is 12.0 Å². The van der Waals surface area contributed by atoms with Gasteiger partial charge in [0.05, 0.1) is 28.7 Å². The van der Waals surface area contributed by atoms with Gasteiger partial charge in [-0.25, -0.2) is 4.98 Å². The van der Waals surface area contributed by atoms with Crippen LogP contribution in [0.3, 0.4) is 0 Å². The summed E-state index contributed by atoms with van der Waals surface area (Å²) in [5.74, 6) is 0.314. The standard InChI is InChI=1S/C22H22N6O2S/c1-14-21(19(31-28-14)9-16-5-4-15(10-23)11-25-16)22(29)27-17-6-7-20(26-12-17)30-18-3-2-8-24-13-18/h4-7,11-12,18,24H,2-3,8-9,13H2,1H3,(H,27,29). The highest BCUT2D eigenvalue weighted by atomic mass is 32.1. The lowest BCUT2D eigenvalue weighted by Gasteiger charge is -2.23. The zero-order valence-corrected chi connectivity index (χ0v) is 17.9. The summed E-state index contributed by atoms with van der Waals surface area (Å²) < 4.78 is 10.2. The number of hydrogen-bond donors (Lipinski definition) is 2. The molecule has 1 saturated heterocycles. The number of amides is 1. The number of nitriles is 1. The number of nitrogens with one attached hydrogen (secondary N) is 2. The van der Waals surface area contributed by atoms with E-state index in [1.807, 2.05) is 6.92 Å². The van der Waals surface area contributed by atoms with Gasteiger partial charge in [0.25, 0.3) is 5.91 Å². The average molecular weight is 435 g/mol. The molecular formula is C22H22N6O2S. The second-order valence-corrected chi connectivity index (χ2v) is 8.18. The predicted molar refractivity (Wildman–Crippen MR) is 117 cm³/mol. The summed E-state index contributed by atoms with van der Waals surface area (Å²) in [4.78, 5) is 22.4. The van der Waals surface area contributed by atoms with Crippen LogP contribution in [0.5, 0.6) is 5.88 Å². The number of carbonyl (C=O) groups is 1. The molecule has 9 heteroatoms. The van der Waals surface area contributed by atoms with Gasteiger partial charge in [-0.15, -0.1) is 0 Å². The van der Waals surface area contributed by atoms with Crippen molar-refractivity contribution < 1.29 is 9.53 Å². The number of nitrogens with zero attached hydrogens (tertiary/aromatic N) is 4. The van der Waals surface area contributed by atoms with Gasteiger partial charge < -0.3 is 15.4 Å². The molecule has 1 atom stereocenters. The minimum atomic E-state index is -0.234. The molecule has 4 rings (SSSR count). The number of ether oxygens (including phenoxy) is 1. The topological polar surface area (TPSA) is 113 Å². The minimum Gasteiger partial charge on any atom is -0.473 e. The van der Waals surface area contributed by atoms with Crippen molar-refractivity contribution >= 4 is 23.1 Å². The Morgan fingerprint density at radius 3 is 2.90 bits per heavy atom. The molecule has 2 N–H and O–H groups in total. The number of carbonyl (C=O) groups excluding carboxylic acids is 1. The van der Waals surface area contributed by atoms with Crippen LogP contribution in [0.4, 0.5) is 5.69 Å². The largest absolute Gasteiger partial charge is 0.473 e. The first-order chi connectivity index (χ1) is 15.1. The van der Waals surface area contributed by atoms with E-state index in [2.05, 4.69) is 31.0 Å². The molecule has 31 heavy (non-hydrogen) atoms. The summed E-state index contributed by atoms with van der Waals surface area (Å²) in [6.45, 7) is 3.66. The van der Waals surface area contributed by atoms with E-state index in [0.717, 1.165) is 36.5 Å². The Hall–Kier alpha value is -3.35. The van der Waals surface area contributed by atoms with E-state index in [4.69, 9.17) is 10.00 Å². The van der Waals surface area contributed by atoms with E-state index in [0.29, 0.717) is 34.8 Å². The maximum atomic E-state index is 12.9. The number of piperidine rings is 1. The molecule has 0 saturated carbocycles. The van der Waals surface area contributed by atoms with Crippen molar-refractivity contribution in [1.29, 1.82) is 5.26 Å². The van der Waals surface area contributed by atoms with E-state index >= 15 is 0 Å². The first-order valence-electron chi connectivity index (χ1n) is 10.1. The number of aromatic nitrogens is 3. The second kappa shape index (κ2) is 9.64. The normalized spacial score (nSPS) is 15.8. The Kier molecular flexibility index (Phi) is 6.50. The Morgan fingerprint density at radius 2 is 2.23 bits per heavy atom. The number of rotatable bonds is 6. The molecule has 158 valence electrons. The molecule has 3 aromatic rings. The zero-order valence-electron chi connectivity index (χ0n) is 17.1. The van der Waals surface area contributed by atoms with Crippen LogP contribution in [-0.4, -0.2) is 39.4 Å².